The van der Waals surface area contributed by atoms with E-state index in [1.165, 1.54) is 12.1 Å². The number of halogens is 1. The number of amides is 1. The molecule has 3 rings (SSSR count). The lowest BCUT2D eigenvalue weighted by Gasteiger charge is -2.15. The van der Waals surface area contributed by atoms with Gasteiger partial charge in [-0.3, -0.25) is 4.79 Å². The minimum atomic E-state index is -0.727. The third-order valence-corrected chi connectivity index (χ3v) is 4.04. The van der Waals surface area contributed by atoms with E-state index >= 15 is 0 Å². The van der Waals surface area contributed by atoms with Gasteiger partial charge in [-0.15, -0.1) is 0 Å². The average Bonchev–Trinajstić information content (AvgIpc) is 3.00. The third-order valence-electron chi connectivity index (χ3n) is 4.04. The molecule has 0 aliphatic rings. The van der Waals surface area contributed by atoms with Crippen molar-refractivity contribution in [2.45, 2.75) is 19.5 Å². The number of nitrogens with zero attached hydrogens (tertiary/aromatic N) is 2. The monoisotopic (exact) mass is 343 g/mol. The molecule has 1 atom stereocenters. The van der Waals surface area contributed by atoms with Crippen molar-refractivity contribution < 1.29 is 19.4 Å². The standard InChI is InChI=1S/C18H18FN3O3/c1-11(12-3-5-17(24)14(19)8-12)21-18(25)13-2-4-16-15(9-13)20-10-22(16)6-7-23/h2-5,8-11,23-24H,6-7H2,1H3,(H,21,25). The maximum Gasteiger partial charge on any atom is 0.251 e. The molecule has 1 aromatic heterocycles. The van der Waals surface area contributed by atoms with Crippen molar-refractivity contribution in [2.24, 2.45) is 0 Å². The van der Waals surface area contributed by atoms with E-state index in [4.69, 9.17) is 5.11 Å². The van der Waals surface area contributed by atoms with E-state index in [0.717, 1.165) is 5.52 Å². The van der Waals surface area contributed by atoms with Crippen LogP contribution in [0.25, 0.3) is 11.0 Å². The first-order valence-corrected chi connectivity index (χ1v) is 7.84. The van der Waals surface area contributed by atoms with Gasteiger partial charge >= 0.3 is 0 Å². The molecule has 3 N–H and O–H groups in total. The van der Waals surface area contributed by atoms with Crippen LogP contribution < -0.4 is 5.32 Å². The van der Waals surface area contributed by atoms with Gasteiger partial charge in [-0.1, -0.05) is 6.07 Å². The van der Waals surface area contributed by atoms with Crippen LogP contribution in [0.2, 0.25) is 0 Å². The summed E-state index contributed by atoms with van der Waals surface area (Å²) in [5.41, 5.74) is 2.48. The Morgan fingerprint density at radius 2 is 2.12 bits per heavy atom. The SMILES string of the molecule is CC(NC(=O)c1ccc2c(c1)ncn2CCO)c1ccc(O)c(F)c1. The van der Waals surface area contributed by atoms with Crippen molar-refractivity contribution in [3.63, 3.8) is 0 Å². The normalized spacial score (nSPS) is 12.3. The van der Waals surface area contributed by atoms with Gasteiger partial charge in [-0.05, 0) is 42.8 Å². The maximum atomic E-state index is 13.4. The predicted molar refractivity (Wildman–Crippen MR) is 90.8 cm³/mol. The smallest absolute Gasteiger partial charge is 0.251 e. The Balaban J connectivity index is 1.78. The molecule has 130 valence electrons. The van der Waals surface area contributed by atoms with E-state index in [0.29, 0.717) is 23.2 Å². The van der Waals surface area contributed by atoms with Crippen molar-refractivity contribution in [1.82, 2.24) is 14.9 Å². The zero-order valence-electron chi connectivity index (χ0n) is 13.6. The molecule has 1 amide bonds. The predicted octanol–water partition coefficient (Wildman–Crippen LogP) is 2.36. The molecule has 0 saturated heterocycles. The quantitative estimate of drug-likeness (QED) is 0.664. The minimum absolute atomic E-state index is 0.00834. The van der Waals surface area contributed by atoms with Gasteiger partial charge in [0.1, 0.15) is 0 Å². The van der Waals surface area contributed by atoms with Crippen LogP contribution in [0.15, 0.2) is 42.7 Å². The lowest BCUT2D eigenvalue weighted by Crippen LogP contribution is -2.26. The topological polar surface area (TPSA) is 87.4 Å². The van der Waals surface area contributed by atoms with Gasteiger partial charge in [0.05, 0.1) is 30.0 Å². The number of aromatic hydroxyl groups is 1. The van der Waals surface area contributed by atoms with E-state index < -0.39 is 17.6 Å². The molecule has 0 aliphatic heterocycles. The van der Waals surface area contributed by atoms with Gasteiger partial charge in [-0.25, -0.2) is 9.37 Å². The van der Waals surface area contributed by atoms with E-state index in [2.05, 4.69) is 10.3 Å². The van der Waals surface area contributed by atoms with Crippen LogP contribution in [0, 0.1) is 5.82 Å². The number of benzene rings is 2. The highest BCUT2D eigenvalue weighted by Gasteiger charge is 2.14. The fourth-order valence-corrected chi connectivity index (χ4v) is 2.65. The fraction of sp³-hybridized carbons (Fsp3) is 0.222. The van der Waals surface area contributed by atoms with Crippen LogP contribution in [0.4, 0.5) is 4.39 Å². The lowest BCUT2D eigenvalue weighted by atomic mass is 10.1. The number of hydrogen-bond acceptors (Lipinski definition) is 4. The van der Waals surface area contributed by atoms with Crippen molar-refractivity contribution in [2.75, 3.05) is 6.61 Å². The van der Waals surface area contributed by atoms with Gasteiger partial charge in [-0.2, -0.15) is 0 Å². The number of phenols is 1. The molecule has 1 unspecified atom stereocenters. The van der Waals surface area contributed by atoms with Crippen molar-refractivity contribution >= 4 is 16.9 Å². The number of carbonyl (C=O) groups excluding carboxylic acids is 1. The number of aliphatic hydroxyl groups is 1. The summed E-state index contributed by atoms with van der Waals surface area (Å²) in [5, 5.41) is 21.1. The molecule has 25 heavy (non-hydrogen) atoms. The van der Waals surface area contributed by atoms with Crippen LogP contribution in [0.5, 0.6) is 5.75 Å². The van der Waals surface area contributed by atoms with Gasteiger partial charge in [0.2, 0.25) is 0 Å². The number of fused-ring (bicyclic) bond motifs is 1. The second-order valence-electron chi connectivity index (χ2n) is 5.77. The highest BCUT2D eigenvalue weighted by Crippen LogP contribution is 2.21. The number of hydrogen-bond donors (Lipinski definition) is 3. The minimum Gasteiger partial charge on any atom is -0.505 e. The largest absolute Gasteiger partial charge is 0.505 e. The molecule has 1 heterocycles. The Bertz CT molecular complexity index is 923. The number of rotatable bonds is 5. The van der Waals surface area contributed by atoms with Crippen LogP contribution >= 0.6 is 0 Å². The average molecular weight is 343 g/mol. The Kier molecular flexibility index (Phi) is 4.67. The summed E-state index contributed by atoms with van der Waals surface area (Å²) in [6.45, 7) is 2.18. The van der Waals surface area contributed by atoms with Gasteiger partial charge in [0, 0.05) is 12.1 Å². The second kappa shape index (κ2) is 6.90. The van der Waals surface area contributed by atoms with Crippen LogP contribution in [-0.4, -0.2) is 32.3 Å². The molecule has 0 fully saturated rings. The van der Waals surface area contributed by atoms with Gasteiger partial charge in [0.15, 0.2) is 11.6 Å². The van der Waals surface area contributed by atoms with Crippen LogP contribution in [0.1, 0.15) is 28.9 Å². The van der Waals surface area contributed by atoms with E-state index in [1.54, 1.807) is 42.1 Å². The van der Waals surface area contributed by atoms with Crippen molar-refractivity contribution in [3.8, 4) is 5.75 Å². The summed E-state index contributed by atoms with van der Waals surface area (Å²) in [4.78, 5) is 16.7. The Hall–Kier alpha value is -2.93. The molecule has 3 aromatic rings. The van der Waals surface area contributed by atoms with Gasteiger partial charge in [0.25, 0.3) is 5.91 Å². The fourth-order valence-electron chi connectivity index (χ4n) is 2.65. The molecule has 2 aromatic carbocycles. The Labute approximate surface area is 143 Å². The Morgan fingerprint density at radius 1 is 1.32 bits per heavy atom. The second-order valence-corrected chi connectivity index (χ2v) is 5.77. The first-order chi connectivity index (χ1) is 12.0. The molecular formula is C18H18FN3O3. The zero-order valence-corrected chi connectivity index (χ0v) is 13.6. The zero-order chi connectivity index (χ0) is 18.0. The third kappa shape index (κ3) is 3.46. The number of phenolic OH excluding ortho intramolecular Hbond substituents is 1. The maximum absolute atomic E-state index is 13.4. The molecule has 0 spiro atoms. The van der Waals surface area contributed by atoms with Crippen LogP contribution in [-0.2, 0) is 6.54 Å². The Morgan fingerprint density at radius 3 is 2.84 bits per heavy atom. The molecule has 6 nitrogen and oxygen atoms in total. The highest BCUT2D eigenvalue weighted by atomic mass is 19.1. The molecule has 0 aliphatic carbocycles. The van der Waals surface area contributed by atoms with Crippen LogP contribution in [0.3, 0.4) is 0 Å². The lowest BCUT2D eigenvalue weighted by molar-refractivity contribution is 0.0940. The number of aliphatic hydroxyl groups excluding tert-OH is 1. The summed E-state index contributed by atoms with van der Waals surface area (Å²) in [5.74, 6) is -1.46. The van der Waals surface area contributed by atoms with E-state index in [-0.39, 0.29) is 12.5 Å². The molecule has 0 bridgehead atoms. The first-order valence-electron chi connectivity index (χ1n) is 7.84. The molecule has 0 radical (unpaired) electrons. The summed E-state index contributed by atoms with van der Waals surface area (Å²) in [6, 6.07) is 8.71. The molecule has 0 saturated carbocycles. The number of imidazole rings is 1. The summed E-state index contributed by atoms with van der Waals surface area (Å²) < 4.78 is 15.3. The molecule has 7 heteroatoms. The van der Waals surface area contributed by atoms with Crippen molar-refractivity contribution in [1.29, 1.82) is 0 Å². The molecular weight excluding hydrogens is 325 g/mol. The van der Waals surface area contributed by atoms with Crippen molar-refractivity contribution in [3.05, 3.63) is 59.7 Å². The summed E-state index contributed by atoms with van der Waals surface area (Å²) in [7, 11) is 0. The number of aromatic nitrogens is 2. The number of carbonyl (C=O) groups is 1. The van der Waals surface area contributed by atoms with E-state index in [1.807, 2.05) is 0 Å². The summed E-state index contributed by atoms with van der Waals surface area (Å²) in [6.07, 6.45) is 1.62. The number of nitrogens with one attached hydrogen (secondary N) is 1. The first kappa shape index (κ1) is 16.9. The summed E-state index contributed by atoms with van der Waals surface area (Å²) >= 11 is 0. The highest BCUT2D eigenvalue weighted by molar-refractivity contribution is 5.97. The van der Waals surface area contributed by atoms with E-state index in [9.17, 15) is 14.3 Å². The van der Waals surface area contributed by atoms with Gasteiger partial charge < -0.3 is 20.1 Å².